The van der Waals surface area contributed by atoms with Crippen molar-refractivity contribution in [3.05, 3.63) is 22.3 Å². The van der Waals surface area contributed by atoms with E-state index in [4.69, 9.17) is 0 Å². The molecule has 0 aromatic carbocycles. The Kier molecular flexibility index (Phi) is 2.25. The smallest absolute Gasteiger partial charge is 0.144 e. The van der Waals surface area contributed by atoms with Crippen LogP contribution >= 0.6 is 22.6 Å². The van der Waals surface area contributed by atoms with Crippen LogP contribution in [0.4, 0.5) is 0 Å². The van der Waals surface area contributed by atoms with Gasteiger partial charge in [0.05, 0.1) is 5.39 Å². The average molecular weight is 301 g/mol. The number of halogens is 1. The van der Waals surface area contributed by atoms with E-state index in [0.717, 1.165) is 11.0 Å². The second kappa shape index (κ2) is 3.18. The molecule has 0 spiro atoms. The van der Waals surface area contributed by atoms with Crippen molar-refractivity contribution in [2.24, 2.45) is 0 Å². The highest BCUT2D eigenvalue weighted by Crippen LogP contribution is 2.26. The molecule has 0 fully saturated rings. The fraction of sp³-hybridized carbons (Fsp3) is 0.400. The summed E-state index contributed by atoms with van der Waals surface area (Å²) in [6, 6.07) is 0. The van der Waals surface area contributed by atoms with E-state index in [1.165, 1.54) is 3.57 Å². The van der Waals surface area contributed by atoms with Gasteiger partial charge in [-0.15, -0.1) is 0 Å². The van der Waals surface area contributed by atoms with Crippen molar-refractivity contribution in [2.75, 3.05) is 0 Å². The zero-order valence-electron chi connectivity index (χ0n) is 8.45. The van der Waals surface area contributed by atoms with Gasteiger partial charge in [0.15, 0.2) is 0 Å². The highest BCUT2D eigenvalue weighted by Gasteiger charge is 2.17. The third-order valence-electron chi connectivity index (χ3n) is 2.14. The molecule has 0 aliphatic rings. The average Bonchev–Trinajstić information content (AvgIpc) is 2.44. The summed E-state index contributed by atoms with van der Waals surface area (Å²) in [4.78, 5) is 8.36. The molecule has 0 aliphatic heterocycles. The van der Waals surface area contributed by atoms with Gasteiger partial charge in [-0.25, -0.2) is 9.97 Å². The second-order valence-corrected chi connectivity index (χ2v) is 5.44. The summed E-state index contributed by atoms with van der Waals surface area (Å²) in [5, 5.41) is 1.13. The van der Waals surface area contributed by atoms with Crippen LogP contribution in [0.15, 0.2) is 18.7 Å². The summed E-state index contributed by atoms with van der Waals surface area (Å²) >= 11 is 2.32. The lowest BCUT2D eigenvalue weighted by Gasteiger charge is -2.21. The Morgan fingerprint density at radius 1 is 1.36 bits per heavy atom. The maximum atomic E-state index is 4.32. The van der Waals surface area contributed by atoms with Crippen LogP contribution in [0.2, 0.25) is 0 Å². The maximum absolute atomic E-state index is 4.32. The molecule has 0 saturated heterocycles. The minimum absolute atomic E-state index is 0.0655. The minimum Gasteiger partial charge on any atom is -0.326 e. The van der Waals surface area contributed by atoms with E-state index >= 15 is 0 Å². The van der Waals surface area contributed by atoms with Gasteiger partial charge in [-0.05, 0) is 43.4 Å². The van der Waals surface area contributed by atoms with Crippen LogP contribution in [-0.2, 0) is 5.54 Å². The minimum atomic E-state index is 0.0655. The normalized spacial score (nSPS) is 12.3. The molecule has 0 atom stereocenters. The van der Waals surface area contributed by atoms with Crippen LogP contribution in [0.5, 0.6) is 0 Å². The summed E-state index contributed by atoms with van der Waals surface area (Å²) in [6.45, 7) is 6.51. The predicted molar refractivity (Wildman–Crippen MR) is 65.2 cm³/mol. The van der Waals surface area contributed by atoms with E-state index in [2.05, 4.69) is 64.1 Å². The van der Waals surface area contributed by atoms with Crippen molar-refractivity contribution in [3.8, 4) is 0 Å². The van der Waals surface area contributed by atoms with Crippen LogP contribution < -0.4 is 0 Å². The number of fused-ring (bicyclic) bond motifs is 1. The van der Waals surface area contributed by atoms with Crippen molar-refractivity contribution < 1.29 is 0 Å². The Balaban J connectivity index is 2.80. The van der Waals surface area contributed by atoms with Crippen LogP contribution in [-0.4, -0.2) is 14.5 Å². The molecule has 3 nitrogen and oxygen atoms in total. The summed E-state index contributed by atoms with van der Waals surface area (Å²) < 4.78 is 3.39. The van der Waals surface area contributed by atoms with Crippen LogP contribution in [0, 0.1) is 3.57 Å². The van der Waals surface area contributed by atoms with E-state index in [1.807, 2.05) is 6.20 Å². The molecular formula is C10H12IN3. The molecule has 4 heteroatoms. The Morgan fingerprint density at radius 2 is 2.07 bits per heavy atom. The van der Waals surface area contributed by atoms with Crippen LogP contribution in [0.3, 0.4) is 0 Å². The van der Waals surface area contributed by atoms with Crippen molar-refractivity contribution in [1.29, 1.82) is 0 Å². The standard InChI is InChI=1S/C10H12IN3/c1-10(2,3)14-5-8(11)7-4-12-6-13-9(7)14/h4-6H,1-3H3. The van der Waals surface area contributed by atoms with Gasteiger partial charge in [0.1, 0.15) is 12.0 Å². The zero-order chi connectivity index (χ0) is 10.3. The van der Waals surface area contributed by atoms with Gasteiger partial charge in [-0.1, -0.05) is 0 Å². The first-order chi connectivity index (χ1) is 6.50. The second-order valence-electron chi connectivity index (χ2n) is 4.28. The Morgan fingerprint density at radius 3 is 2.71 bits per heavy atom. The molecule has 0 unspecified atom stereocenters. The van der Waals surface area contributed by atoms with Gasteiger partial charge in [0.25, 0.3) is 0 Å². The number of hydrogen-bond donors (Lipinski definition) is 0. The van der Waals surface area contributed by atoms with Gasteiger partial charge < -0.3 is 4.57 Å². The predicted octanol–water partition coefficient (Wildman–Crippen LogP) is 2.79. The molecule has 2 aromatic heterocycles. The van der Waals surface area contributed by atoms with Crippen molar-refractivity contribution in [2.45, 2.75) is 26.3 Å². The van der Waals surface area contributed by atoms with Crippen molar-refractivity contribution in [1.82, 2.24) is 14.5 Å². The number of aromatic nitrogens is 3. The van der Waals surface area contributed by atoms with Gasteiger partial charge in [-0.2, -0.15) is 0 Å². The summed E-state index contributed by atoms with van der Waals surface area (Å²) in [6.07, 6.45) is 5.59. The lowest BCUT2D eigenvalue weighted by Crippen LogP contribution is -2.20. The van der Waals surface area contributed by atoms with Gasteiger partial charge >= 0.3 is 0 Å². The fourth-order valence-electron chi connectivity index (χ4n) is 1.44. The number of hydrogen-bond acceptors (Lipinski definition) is 2. The molecule has 0 bridgehead atoms. The number of rotatable bonds is 0. The summed E-state index contributed by atoms with van der Waals surface area (Å²) in [5.41, 5.74) is 1.08. The molecule has 2 heterocycles. The van der Waals surface area contributed by atoms with Crippen LogP contribution in [0.1, 0.15) is 20.8 Å². The van der Waals surface area contributed by atoms with Crippen molar-refractivity contribution in [3.63, 3.8) is 0 Å². The molecule has 0 saturated carbocycles. The maximum Gasteiger partial charge on any atom is 0.144 e. The van der Waals surface area contributed by atoms with Gasteiger partial charge in [-0.3, -0.25) is 0 Å². The highest BCUT2D eigenvalue weighted by molar-refractivity contribution is 14.1. The Labute approximate surface area is 96.7 Å². The quantitative estimate of drug-likeness (QED) is 0.701. The summed E-state index contributed by atoms with van der Waals surface area (Å²) in [5.74, 6) is 0. The van der Waals surface area contributed by atoms with E-state index in [0.29, 0.717) is 0 Å². The van der Waals surface area contributed by atoms with Crippen molar-refractivity contribution >= 4 is 33.6 Å². The topological polar surface area (TPSA) is 30.7 Å². The molecule has 0 amide bonds. The van der Waals surface area contributed by atoms with E-state index in [-0.39, 0.29) is 5.54 Å². The van der Waals surface area contributed by atoms with Gasteiger partial charge in [0.2, 0.25) is 0 Å². The van der Waals surface area contributed by atoms with E-state index in [1.54, 1.807) is 6.33 Å². The largest absolute Gasteiger partial charge is 0.326 e. The monoisotopic (exact) mass is 301 g/mol. The van der Waals surface area contributed by atoms with E-state index in [9.17, 15) is 0 Å². The van der Waals surface area contributed by atoms with Crippen LogP contribution in [0.25, 0.3) is 11.0 Å². The lowest BCUT2D eigenvalue weighted by atomic mass is 10.1. The molecular weight excluding hydrogens is 289 g/mol. The van der Waals surface area contributed by atoms with E-state index < -0.39 is 0 Å². The van der Waals surface area contributed by atoms with Gasteiger partial charge in [0, 0.05) is 21.5 Å². The third-order valence-corrected chi connectivity index (χ3v) is 3.00. The molecule has 0 aliphatic carbocycles. The molecule has 2 aromatic rings. The summed E-state index contributed by atoms with van der Waals surface area (Å²) in [7, 11) is 0. The first kappa shape index (κ1) is 9.89. The molecule has 0 N–H and O–H groups in total. The number of nitrogens with zero attached hydrogens (tertiary/aromatic N) is 3. The Bertz CT molecular complexity index is 468. The molecule has 0 radical (unpaired) electrons. The molecule has 74 valence electrons. The lowest BCUT2D eigenvalue weighted by molar-refractivity contribution is 0.408. The highest BCUT2D eigenvalue weighted by atomic mass is 127. The zero-order valence-corrected chi connectivity index (χ0v) is 10.6. The molecule has 2 rings (SSSR count). The third kappa shape index (κ3) is 1.51. The fourth-order valence-corrected chi connectivity index (χ4v) is 2.10. The molecule has 14 heavy (non-hydrogen) atoms. The Hall–Kier alpha value is -0.650. The first-order valence-corrected chi connectivity index (χ1v) is 5.55. The SMILES string of the molecule is CC(C)(C)n1cc(I)c2cncnc21. The first-order valence-electron chi connectivity index (χ1n) is 4.47.